The smallest absolute Gasteiger partial charge is 0.354 e. The highest BCUT2D eigenvalue weighted by atomic mass is 16.5. The van der Waals surface area contributed by atoms with Crippen LogP contribution < -0.4 is 0 Å². The number of carbonyl (C=O) groups excluding carboxylic acids is 3. The number of amides is 1. The second-order valence-corrected chi connectivity index (χ2v) is 7.13. The molecule has 0 saturated heterocycles. The third-order valence-electron chi connectivity index (χ3n) is 5.73. The highest BCUT2D eigenvalue weighted by molar-refractivity contribution is 6.06. The molecule has 2 rings (SSSR count). The summed E-state index contributed by atoms with van der Waals surface area (Å²) in [6.45, 7) is 7.75. The fourth-order valence-corrected chi connectivity index (χ4v) is 4.10. The Labute approximate surface area is 155 Å². The summed E-state index contributed by atoms with van der Waals surface area (Å²) in [7, 11) is 3.07. The molecule has 0 aromatic carbocycles. The van der Waals surface area contributed by atoms with Crippen LogP contribution in [0.4, 0.5) is 0 Å². The number of carbonyl (C=O) groups is 3. The average Bonchev–Trinajstić information content (AvgIpc) is 3.22. The molecule has 6 heteroatoms. The number of ether oxygens (including phenoxy) is 1. The van der Waals surface area contributed by atoms with Crippen LogP contribution in [0.1, 0.15) is 71.6 Å². The lowest BCUT2D eigenvalue weighted by molar-refractivity contribution is -0.136. The number of hydrogen-bond donors (Lipinski definition) is 0. The second kappa shape index (κ2) is 8.06. The van der Waals surface area contributed by atoms with Gasteiger partial charge >= 0.3 is 5.97 Å². The number of esters is 1. The van der Waals surface area contributed by atoms with Crippen LogP contribution in [0.3, 0.4) is 0 Å². The van der Waals surface area contributed by atoms with E-state index in [0.717, 1.165) is 25.7 Å². The zero-order valence-corrected chi connectivity index (χ0v) is 16.7. The van der Waals surface area contributed by atoms with E-state index in [1.807, 2.05) is 13.8 Å². The molecule has 0 spiro atoms. The highest BCUT2D eigenvalue weighted by Crippen LogP contribution is 2.29. The summed E-state index contributed by atoms with van der Waals surface area (Å²) in [5.74, 6) is -0.479. The molecule has 26 heavy (non-hydrogen) atoms. The Bertz CT molecular complexity index is 714. The Morgan fingerprint density at radius 2 is 1.81 bits per heavy atom. The van der Waals surface area contributed by atoms with Crippen LogP contribution in [0, 0.1) is 19.8 Å². The van der Waals surface area contributed by atoms with Crippen molar-refractivity contribution in [3.8, 4) is 0 Å². The maximum Gasteiger partial charge on any atom is 0.354 e. The van der Waals surface area contributed by atoms with Gasteiger partial charge in [-0.25, -0.2) is 4.79 Å². The maximum atomic E-state index is 13.2. The van der Waals surface area contributed by atoms with Gasteiger partial charge in [0.05, 0.1) is 13.2 Å². The number of methoxy groups -OCH3 is 1. The number of hydrogen-bond acceptors (Lipinski definition) is 4. The predicted molar refractivity (Wildman–Crippen MR) is 99.4 cm³/mol. The molecular weight excluding hydrogens is 332 g/mol. The Kier molecular flexibility index (Phi) is 6.26. The number of Topliss-reactive ketones (excluding diaryl/α,β-unsaturated/α-hetero) is 1. The molecule has 1 saturated carbocycles. The number of likely N-dealkylation sites (N-methyl/N-ethyl adjacent to an activating group) is 1. The van der Waals surface area contributed by atoms with Crippen molar-refractivity contribution in [1.82, 2.24) is 9.47 Å². The summed E-state index contributed by atoms with van der Waals surface area (Å²) in [6.07, 6.45) is 3.98. The van der Waals surface area contributed by atoms with E-state index in [-0.39, 0.29) is 17.6 Å². The lowest BCUT2D eigenvalue weighted by atomic mass is 9.98. The van der Waals surface area contributed by atoms with Crippen molar-refractivity contribution in [1.29, 1.82) is 0 Å². The van der Waals surface area contributed by atoms with Crippen LogP contribution in [0.15, 0.2) is 0 Å². The van der Waals surface area contributed by atoms with E-state index in [4.69, 9.17) is 4.74 Å². The third-order valence-corrected chi connectivity index (χ3v) is 5.73. The van der Waals surface area contributed by atoms with E-state index in [2.05, 4.69) is 0 Å². The zero-order valence-electron chi connectivity index (χ0n) is 16.7. The molecule has 1 amide bonds. The van der Waals surface area contributed by atoms with Gasteiger partial charge in [-0.15, -0.1) is 0 Å². The monoisotopic (exact) mass is 362 g/mol. The third kappa shape index (κ3) is 3.41. The lowest BCUT2D eigenvalue weighted by Gasteiger charge is -2.29. The summed E-state index contributed by atoms with van der Waals surface area (Å²) < 4.78 is 6.54. The molecule has 0 radical (unpaired) electrons. The summed E-state index contributed by atoms with van der Waals surface area (Å²) in [6, 6.07) is -0.557. The van der Waals surface area contributed by atoms with Crippen molar-refractivity contribution in [2.75, 3.05) is 13.7 Å². The molecule has 1 aromatic rings. The lowest BCUT2D eigenvalue weighted by Crippen LogP contribution is -2.45. The first kappa shape index (κ1) is 20.2. The van der Waals surface area contributed by atoms with Gasteiger partial charge in [0, 0.05) is 30.8 Å². The van der Waals surface area contributed by atoms with Gasteiger partial charge in [0.25, 0.3) is 0 Å². The summed E-state index contributed by atoms with van der Waals surface area (Å²) in [5, 5.41) is 0. The van der Waals surface area contributed by atoms with Gasteiger partial charge in [-0.1, -0.05) is 12.8 Å². The minimum absolute atomic E-state index is 0.0359. The quantitative estimate of drug-likeness (QED) is 0.576. The molecule has 6 nitrogen and oxygen atoms in total. The molecular formula is C20H30N2O4. The summed E-state index contributed by atoms with van der Waals surface area (Å²) in [5.41, 5.74) is 2.21. The number of ketones is 1. The predicted octanol–water partition coefficient (Wildman–Crippen LogP) is 3.04. The van der Waals surface area contributed by atoms with Gasteiger partial charge in [-0.2, -0.15) is 0 Å². The first-order valence-corrected chi connectivity index (χ1v) is 9.35. The van der Waals surface area contributed by atoms with Crippen molar-refractivity contribution in [2.24, 2.45) is 13.0 Å². The molecule has 1 aliphatic rings. The molecule has 1 heterocycles. The van der Waals surface area contributed by atoms with Crippen molar-refractivity contribution < 1.29 is 19.1 Å². The summed E-state index contributed by atoms with van der Waals surface area (Å²) >= 11 is 0. The van der Waals surface area contributed by atoms with Gasteiger partial charge in [-0.05, 0) is 46.1 Å². The van der Waals surface area contributed by atoms with Gasteiger partial charge in [0.2, 0.25) is 5.91 Å². The maximum absolute atomic E-state index is 13.2. The van der Waals surface area contributed by atoms with Crippen LogP contribution in [-0.4, -0.2) is 46.8 Å². The van der Waals surface area contributed by atoms with E-state index >= 15 is 0 Å². The fourth-order valence-electron chi connectivity index (χ4n) is 4.10. The van der Waals surface area contributed by atoms with E-state index < -0.39 is 12.0 Å². The first-order valence-electron chi connectivity index (χ1n) is 9.35. The van der Waals surface area contributed by atoms with Gasteiger partial charge in [0.15, 0.2) is 5.78 Å². The van der Waals surface area contributed by atoms with Crippen molar-refractivity contribution in [3.63, 3.8) is 0 Å². The standard InChI is InChI=1S/C20H30N2O4/c1-7-22(19(24)15-10-8-9-11-15)14(4)18(23)16-12(2)17(20(25)26-6)21(5)13(16)3/h14-15H,7-11H2,1-6H3/t14-/m1/s1. The Morgan fingerprint density at radius 3 is 2.31 bits per heavy atom. The Morgan fingerprint density at radius 1 is 1.23 bits per heavy atom. The number of aromatic nitrogens is 1. The van der Waals surface area contributed by atoms with Gasteiger partial charge in [0.1, 0.15) is 5.69 Å². The first-order chi connectivity index (χ1) is 12.3. The van der Waals surface area contributed by atoms with E-state index in [0.29, 0.717) is 29.1 Å². The molecule has 1 aromatic heterocycles. The van der Waals surface area contributed by atoms with Crippen molar-refractivity contribution in [3.05, 3.63) is 22.5 Å². The largest absolute Gasteiger partial charge is 0.464 e. The topological polar surface area (TPSA) is 68.6 Å². The molecule has 0 bridgehead atoms. The summed E-state index contributed by atoms with van der Waals surface area (Å²) in [4.78, 5) is 39.8. The molecule has 0 N–H and O–H groups in total. The Hall–Kier alpha value is -2.11. The van der Waals surface area contributed by atoms with Crippen LogP contribution in [0.2, 0.25) is 0 Å². The Balaban J connectivity index is 2.35. The van der Waals surface area contributed by atoms with Gasteiger partial charge in [-0.3, -0.25) is 9.59 Å². The zero-order chi connectivity index (χ0) is 19.6. The molecule has 0 unspecified atom stereocenters. The van der Waals surface area contributed by atoms with E-state index in [1.165, 1.54) is 7.11 Å². The fraction of sp³-hybridized carbons (Fsp3) is 0.650. The SMILES string of the molecule is CCN(C(=O)C1CCCC1)[C@H](C)C(=O)c1c(C)c(C(=O)OC)n(C)c1C. The molecule has 144 valence electrons. The average molecular weight is 362 g/mol. The van der Waals surface area contributed by atoms with E-state index in [9.17, 15) is 14.4 Å². The van der Waals surface area contributed by atoms with Crippen LogP contribution >= 0.6 is 0 Å². The minimum atomic E-state index is -0.557. The molecule has 1 fully saturated rings. The number of nitrogens with zero attached hydrogens (tertiary/aromatic N) is 2. The van der Waals surface area contributed by atoms with Gasteiger partial charge < -0.3 is 14.2 Å². The number of rotatable bonds is 6. The van der Waals surface area contributed by atoms with Crippen molar-refractivity contribution >= 4 is 17.7 Å². The van der Waals surface area contributed by atoms with Crippen LogP contribution in [0.5, 0.6) is 0 Å². The van der Waals surface area contributed by atoms with E-state index in [1.54, 1.807) is 30.4 Å². The molecule has 1 aliphatic carbocycles. The molecule has 0 aliphatic heterocycles. The molecule has 1 atom stereocenters. The second-order valence-electron chi connectivity index (χ2n) is 7.13. The van der Waals surface area contributed by atoms with Crippen molar-refractivity contribution in [2.45, 2.75) is 59.4 Å². The highest BCUT2D eigenvalue weighted by Gasteiger charge is 2.34. The normalized spacial score (nSPS) is 15.8. The van der Waals surface area contributed by atoms with Crippen LogP contribution in [0.25, 0.3) is 0 Å². The van der Waals surface area contributed by atoms with Crippen LogP contribution in [-0.2, 0) is 16.6 Å². The minimum Gasteiger partial charge on any atom is -0.464 e.